The molecule has 2 rings (SSSR count). The van der Waals surface area contributed by atoms with Crippen LogP contribution in [0.15, 0.2) is 22.7 Å². The van der Waals surface area contributed by atoms with Gasteiger partial charge in [-0.2, -0.15) is 5.26 Å². The molecule has 1 aromatic rings. The van der Waals surface area contributed by atoms with E-state index < -0.39 is 0 Å². The van der Waals surface area contributed by atoms with Gasteiger partial charge < -0.3 is 4.74 Å². The van der Waals surface area contributed by atoms with E-state index in [0.717, 1.165) is 17.3 Å². The van der Waals surface area contributed by atoms with Crippen LogP contribution in [0.4, 0.5) is 0 Å². The van der Waals surface area contributed by atoms with E-state index in [4.69, 9.17) is 10.00 Å². The highest BCUT2D eigenvalue weighted by Gasteiger charge is 2.18. The van der Waals surface area contributed by atoms with Gasteiger partial charge in [0.2, 0.25) is 0 Å². The first-order valence-electron chi connectivity index (χ1n) is 5.16. The lowest BCUT2D eigenvalue weighted by Crippen LogP contribution is -2.11. The number of benzene rings is 1. The monoisotopic (exact) mass is 265 g/mol. The maximum atomic E-state index is 9.01. The fourth-order valence-electron chi connectivity index (χ4n) is 1.90. The first kappa shape index (κ1) is 10.5. The third-order valence-corrected chi connectivity index (χ3v) is 3.34. The molecule has 1 fully saturated rings. The molecular weight excluding hydrogens is 254 g/mol. The molecule has 3 heteroatoms. The first-order chi connectivity index (χ1) is 7.31. The molecule has 0 spiro atoms. The van der Waals surface area contributed by atoms with Crippen LogP contribution < -0.4 is 4.74 Å². The number of nitrogens with zero attached hydrogens (tertiary/aromatic N) is 1. The lowest BCUT2D eigenvalue weighted by molar-refractivity contribution is 0.209. The molecule has 0 saturated heterocycles. The second kappa shape index (κ2) is 4.67. The molecule has 0 aromatic heterocycles. The van der Waals surface area contributed by atoms with Gasteiger partial charge in [0, 0.05) is 4.47 Å². The zero-order valence-electron chi connectivity index (χ0n) is 8.37. The van der Waals surface area contributed by atoms with Gasteiger partial charge in [-0.15, -0.1) is 0 Å². The Balaban J connectivity index is 2.20. The van der Waals surface area contributed by atoms with Gasteiger partial charge in [-0.05, 0) is 53.7 Å². The van der Waals surface area contributed by atoms with E-state index in [1.165, 1.54) is 12.8 Å². The molecule has 1 aromatic carbocycles. The molecule has 0 radical (unpaired) electrons. The molecule has 0 amide bonds. The zero-order chi connectivity index (χ0) is 10.7. The van der Waals surface area contributed by atoms with Crippen LogP contribution in [0.5, 0.6) is 5.75 Å². The molecule has 0 bridgehead atoms. The Bertz CT molecular complexity index is 391. The van der Waals surface area contributed by atoms with Crippen LogP contribution in [0.1, 0.15) is 31.2 Å². The van der Waals surface area contributed by atoms with Gasteiger partial charge in [-0.1, -0.05) is 6.07 Å². The summed E-state index contributed by atoms with van der Waals surface area (Å²) in [5.74, 6) is 0.707. The van der Waals surface area contributed by atoms with Crippen molar-refractivity contribution in [3.8, 4) is 11.8 Å². The second-order valence-corrected chi connectivity index (χ2v) is 4.60. The van der Waals surface area contributed by atoms with E-state index in [9.17, 15) is 0 Å². The number of hydrogen-bond acceptors (Lipinski definition) is 2. The Morgan fingerprint density at radius 3 is 2.73 bits per heavy atom. The van der Waals surface area contributed by atoms with Crippen LogP contribution in [-0.4, -0.2) is 6.10 Å². The summed E-state index contributed by atoms with van der Waals surface area (Å²) in [6.07, 6.45) is 4.99. The van der Waals surface area contributed by atoms with Crippen LogP contribution in [0.2, 0.25) is 0 Å². The third kappa shape index (κ3) is 2.32. The Hall–Kier alpha value is -1.01. The van der Waals surface area contributed by atoms with Gasteiger partial charge in [0.1, 0.15) is 17.4 Å². The third-order valence-electron chi connectivity index (χ3n) is 2.68. The number of halogens is 1. The highest BCUT2D eigenvalue weighted by molar-refractivity contribution is 9.10. The molecule has 78 valence electrons. The fourth-order valence-corrected chi connectivity index (χ4v) is 2.33. The van der Waals surface area contributed by atoms with Crippen LogP contribution in [0.25, 0.3) is 0 Å². The largest absolute Gasteiger partial charge is 0.489 e. The van der Waals surface area contributed by atoms with Crippen molar-refractivity contribution in [3.63, 3.8) is 0 Å². The molecular formula is C12H12BrNO. The van der Waals surface area contributed by atoms with E-state index in [1.54, 1.807) is 0 Å². The molecule has 1 aliphatic rings. The van der Waals surface area contributed by atoms with E-state index in [-0.39, 0.29) is 0 Å². The fraction of sp³-hybridized carbons (Fsp3) is 0.417. The molecule has 0 atom stereocenters. The van der Waals surface area contributed by atoms with Crippen LogP contribution in [0, 0.1) is 11.3 Å². The summed E-state index contributed by atoms with van der Waals surface area (Å²) in [5, 5.41) is 9.01. The minimum atomic E-state index is 0.298. The van der Waals surface area contributed by atoms with Gasteiger partial charge >= 0.3 is 0 Å². The maximum absolute atomic E-state index is 9.01. The summed E-state index contributed by atoms with van der Waals surface area (Å²) in [5.41, 5.74) is 0.601. The summed E-state index contributed by atoms with van der Waals surface area (Å²) in [6, 6.07) is 7.79. The Labute approximate surface area is 98.0 Å². The van der Waals surface area contributed by atoms with Gasteiger partial charge in [0.05, 0.1) is 6.10 Å². The number of hydrogen-bond donors (Lipinski definition) is 0. The Morgan fingerprint density at radius 1 is 1.33 bits per heavy atom. The topological polar surface area (TPSA) is 33.0 Å². The number of ether oxygens (including phenoxy) is 1. The second-order valence-electron chi connectivity index (χ2n) is 3.75. The minimum absolute atomic E-state index is 0.298. The lowest BCUT2D eigenvalue weighted by atomic mass is 10.2. The summed E-state index contributed by atoms with van der Waals surface area (Å²) in [7, 11) is 0. The molecule has 0 unspecified atom stereocenters. The van der Waals surface area contributed by atoms with Crippen molar-refractivity contribution >= 4 is 15.9 Å². The van der Waals surface area contributed by atoms with Crippen molar-refractivity contribution in [2.45, 2.75) is 31.8 Å². The molecule has 0 N–H and O–H groups in total. The standard InChI is InChI=1S/C12H12BrNO/c13-11-6-3-7-12(10(11)8-14)15-9-4-1-2-5-9/h3,6-7,9H,1-2,4-5H2. The van der Waals surface area contributed by atoms with Crippen LogP contribution in [-0.2, 0) is 0 Å². The molecule has 1 saturated carbocycles. The van der Waals surface area contributed by atoms with E-state index in [0.29, 0.717) is 17.4 Å². The predicted octanol–water partition coefficient (Wildman–Crippen LogP) is 3.64. The number of rotatable bonds is 2. The van der Waals surface area contributed by atoms with Crippen LogP contribution in [0.3, 0.4) is 0 Å². The van der Waals surface area contributed by atoms with Crippen molar-refractivity contribution in [1.82, 2.24) is 0 Å². The summed E-state index contributed by atoms with van der Waals surface area (Å²) >= 11 is 3.35. The van der Waals surface area contributed by atoms with Crippen molar-refractivity contribution in [2.24, 2.45) is 0 Å². The predicted molar refractivity (Wildman–Crippen MR) is 61.7 cm³/mol. The van der Waals surface area contributed by atoms with Gasteiger partial charge in [0.15, 0.2) is 0 Å². The normalized spacial score (nSPS) is 16.3. The van der Waals surface area contributed by atoms with Crippen molar-refractivity contribution in [2.75, 3.05) is 0 Å². The number of nitriles is 1. The molecule has 0 heterocycles. The lowest BCUT2D eigenvalue weighted by Gasteiger charge is -2.14. The van der Waals surface area contributed by atoms with Gasteiger partial charge in [-0.25, -0.2) is 0 Å². The molecule has 0 aliphatic heterocycles. The highest BCUT2D eigenvalue weighted by atomic mass is 79.9. The van der Waals surface area contributed by atoms with E-state index in [2.05, 4.69) is 22.0 Å². The highest BCUT2D eigenvalue weighted by Crippen LogP contribution is 2.30. The average Bonchev–Trinajstić information content (AvgIpc) is 2.71. The summed E-state index contributed by atoms with van der Waals surface area (Å²) < 4.78 is 6.63. The molecule has 15 heavy (non-hydrogen) atoms. The smallest absolute Gasteiger partial charge is 0.138 e. The zero-order valence-corrected chi connectivity index (χ0v) is 9.96. The van der Waals surface area contributed by atoms with Crippen LogP contribution >= 0.6 is 15.9 Å². The van der Waals surface area contributed by atoms with Crippen molar-refractivity contribution < 1.29 is 4.74 Å². The molecule has 1 aliphatic carbocycles. The summed E-state index contributed by atoms with van der Waals surface area (Å²) in [6.45, 7) is 0. The van der Waals surface area contributed by atoms with Gasteiger partial charge in [0.25, 0.3) is 0 Å². The van der Waals surface area contributed by atoms with Crippen molar-refractivity contribution in [3.05, 3.63) is 28.2 Å². The molecule has 2 nitrogen and oxygen atoms in total. The van der Waals surface area contributed by atoms with E-state index in [1.807, 2.05) is 18.2 Å². The Kier molecular flexibility index (Phi) is 3.27. The quantitative estimate of drug-likeness (QED) is 0.818. The first-order valence-corrected chi connectivity index (χ1v) is 5.96. The summed E-state index contributed by atoms with van der Waals surface area (Å²) in [4.78, 5) is 0. The minimum Gasteiger partial charge on any atom is -0.489 e. The van der Waals surface area contributed by atoms with Gasteiger partial charge in [-0.3, -0.25) is 0 Å². The Morgan fingerprint density at radius 2 is 2.07 bits per heavy atom. The van der Waals surface area contributed by atoms with E-state index >= 15 is 0 Å². The van der Waals surface area contributed by atoms with Crippen molar-refractivity contribution in [1.29, 1.82) is 5.26 Å². The SMILES string of the molecule is N#Cc1c(Br)cccc1OC1CCCC1. The average molecular weight is 266 g/mol. The maximum Gasteiger partial charge on any atom is 0.138 e.